The molecular weight excluding hydrogens is 270 g/mol. The number of nitrogens with zero attached hydrogens (tertiary/aromatic N) is 2. The number of aromatic nitrogens is 2. The zero-order chi connectivity index (χ0) is 13.0. The van der Waals surface area contributed by atoms with Gasteiger partial charge in [0.15, 0.2) is 0 Å². The van der Waals surface area contributed by atoms with E-state index in [0.29, 0.717) is 28.9 Å². The minimum atomic E-state index is 0.319. The minimum absolute atomic E-state index is 0.319. The SMILES string of the molecule is NC(=S)c1ccc(OCCn2cccn2)c(Cl)c1. The van der Waals surface area contributed by atoms with Crippen LogP contribution >= 0.6 is 23.8 Å². The molecule has 1 heterocycles. The van der Waals surface area contributed by atoms with Crippen LogP contribution in [0.1, 0.15) is 5.56 Å². The van der Waals surface area contributed by atoms with Gasteiger partial charge < -0.3 is 10.5 Å². The van der Waals surface area contributed by atoms with Crippen LogP contribution in [-0.2, 0) is 6.54 Å². The molecule has 0 aliphatic heterocycles. The van der Waals surface area contributed by atoms with Crippen LogP contribution in [0.4, 0.5) is 0 Å². The van der Waals surface area contributed by atoms with Crippen molar-refractivity contribution in [2.24, 2.45) is 5.73 Å². The van der Waals surface area contributed by atoms with E-state index >= 15 is 0 Å². The van der Waals surface area contributed by atoms with Crippen LogP contribution < -0.4 is 10.5 Å². The van der Waals surface area contributed by atoms with E-state index in [9.17, 15) is 0 Å². The number of halogens is 1. The summed E-state index contributed by atoms with van der Waals surface area (Å²) in [7, 11) is 0. The lowest BCUT2D eigenvalue weighted by molar-refractivity contribution is 0.291. The number of ether oxygens (including phenoxy) is 1. The molecular formula is C12H12ClN3OS. The van der Waals surface area contributed by atoms with Crippen molar-refractivity contribution in [2.75, 3.05) is 6.61 Å². The Morgan fingerprint density at radius 1 is 1.50 bits per heavy atom. The van der Waals surface area contributed by atoms with Crippen molar-refractivity contribution in [3.8, 4) is 5.75 Å². The molecule has 1 aromatic heterocycles. The average molecular weight is 282 g/mol. The van der Waals surface area contributed by atoms with Crippen LogP contribution in [0, 0.1) is 0 Å². The Balaban J connectivity index is 1.95. The molecule has 2 aromatic rings. The van der Waals surface area contributed by atoms with E-state index in [-0.39, 0.29) is 0 Å². The first-order valence-corrected chi connectivity index (χ1v) is 6.15. The Morgan fingerprint density at radius 3 is 2.94 bits per heavy atom. The smallest absolute Gasteiger partial charge is 0.138 e. The van der Waals surface area contributed by atoms with E-state index in [1.165, 1.54) is 0 Å². The summed E-state index contributed by atoms with van der Waals surface area (Å²) < 4.78 is 7.36. The van der Waals surface area contributed by atoms with Gasteiger partial charge in [-0.15, -0.1) is 0 Å². The molecule has 94 valence electrons. The predicted molar refractivity (Wildman–Crippen MR) is 75.1 cm³/mol. The van der Waals surface area contributed by atoms with Crippen molar-refractivity contribution in [2.45, 2.75) is 6.54 Å². The van der Waals surface area contributed by atoms with Gasteiger partial charge in [0.25, 0.3) is 0 Å². The monoisotopic (exact) mass is 281 g/mol. The fourth-order valence-corrected chi connectivity index (χ4v) is 1.82. The third-order valence-electron chi connectivity index (χ3n) is 2.35. The van der Waals surface area contributed by atoms with Crippen LogP contribution in [0.25, 0.3) is 0 Å². The summed E-state index contributed by atoms with van der Waals surface area (Å²) in [5, 5.41) is 4.58. The van der Waals surface area contributed by atoms with Crippen molar-refractivity contribution in [1.29, 1.82) is 0 Å². The van der Waals surface area contributed by atoms with E-state index in [4.69, 9.17) is 34.3 Å². The lowest BCUT2D eigenvalue weighted by atomic mass is 10.2. The van der Waals surface area contributed by atoms with Crippen molar-refractivity contribution in [3.05, 3.63) is 47.2 Å². The molecule has 0 radical (unpaired) electrons. The Labute approximate surface area is 115 Å². The number of hydrogen-bond donors (Lipinski definition) is 1. The Morgan fingerprint density at radius 2 is 2.33 bits per heavy atom. The van der Waals surface area contributed by atoms with Crippen molar-refractivity contribution in [3.63, 3.8) is 0 Å². The highest BCUT2D eigenvalue weighted by molar-refractivity contribution is 7.80. The lowest BCUT2D eigenvalue weighted by Gasteiger charge is -2.09. The summed E-state index contributed by atoms with van der Waals surface area (Å²) in [6, 6.07) is 7.12. The second-order valence-corrected chi connectivity index (χ2v) is 4.47. The highest BCUT2D eigenvalue weighted by Gasteiger charge is 2.04. The van der Waals surface area contributed by atoms with Crippen LogP contribution in [0.3, 0.4) is 0 Å². The first-order chi connectivity index (χ1) is 8.66. The molecule has 0 spiro atoms. The first-order valence-electron chi connectivity index (χ1n) is 5.36. The standard InChI is InChI=1S/C12H12ClN3OS/c13-10-8-9(12(14)18)2-3-11(10)17-7-6-16-5-1-4-15-16/h1-5,8H,6-7H2,(H2,14,18). The summed E-state index contributed by atoms with van der Waals surface area (Å²) in [6.07, 6.45) is 3.60. The van der Waals surface area contributed by atoms with E-state index in [0.717, 1.165) is 5.56 Å². The maximum Gasteiger partial charge on any atom is 0.138 e. The van der Waals surface area contributed by atoms with Gasteiger partial charge in [0.2, 0.25) is 0 Å². The van der Waals surface area contributed by atoms with Crippen molar-refractivity contribution in [1.82, 2.24) is 9.78 Å². The number of thiocarbonyl (C=S) groups is 1. The molecule has 4 nitrogen and oxygen atoms in total. The quantitative estimate of drug-likeness (QED) is 0.854. The zero-order valence-corrected chi connectivity index (χ0v) is 11.1. The third-order valence-corrected chi connectivity index (χ3v) is 2.88. The number of nitrogens with two attached hydrogens (primary N) is 1. The molecule has 0 saturated heterocycles. The van der Waals surface area contributed by atoms with Gasteiger partial charge >= 0.3 is 0 Å². The highest BCUT2D eigenvalue weighted by atomic mass is 35.5. The van der Waals surface area contributed by atoms with Gasteiger partial charge in [-0.25, -0.2) is 0 Å². The average Bonchev–Trinajstić information content (AvgIpc) is 2.84. The Bertz CT molecular complexity index is 542. The molecule has 0 fully saturated rings. The molecule has 6 heteroatoms. The number of rotatable bonds is 5. The molecule has 0 bridgehead atoms. The predicted octanol–water partition coefficient (Wildman–Crippen LogP) is 2.25. The maximum absolute atomic E-state index is 6.07. The second kappa shape index (κ2) is 5.84. The molecule has 1 aromatic carbocycles. The van der Waals surface area contributed by atoms with E-state index in [1.54, 1.807) is 29.1 Å². The molecule has 18 heavy (non-hydrogen) atoms. The summed E-state index contributed by atoms with van der Waals surface area (Å²) in [5.74, 6) is 0.615. The first kappa shape index (κ1) is 12.9. The van der Waals surface area contributed by atoms with Gasteiger partial charge in [0.05, 0.1) is 11.6 Å². The summed E-state index contributed by atoms with van der Waals surface area (Å²) in [4.78, 5) is 0.319. The van der Waals surface area contributed by atoms with Gasteiger partial charge in [-0.2, -0.15) is 5.10 Å². The van der Waals surface area contributed by atoms with E-state index < -0.39 is 0 Å². The van der Waals surface area contributed by atoms with Crippen LogP contribution in [0.2, 0.25) is 5.02 Å². The number of benzene rings is 1. The molecule has 0 atom stereocenters. The molecule has 0 aliphatic rings. The molecule has 0 aliphatic carbocycles. The number of hydrogen-bond acceptors (Lipinski definition) is 3. The summed E-state index contributed by atoms with van der Waals surface area (Å²) >= 11 is 10.9. The van der Waals surface area contributed by atoms with Crippen molar-refractivity contribution < 1.29 is 4.74 Å². The van der Waals surface area contributed by atoms with E-state index in [1.807, 2.05) is 12.3 Å². The molecule has 0 saturated carbocycles. The fourth-order valence-electron chi connectivity index (χ4n) is 1.45. The van der Waals surface area contributed by atoms with Crippen molar-refractivity contribution >= 4 is 28.8 Å². The fraction of sp³-hybridized carbons (Fsp3) is 0.167. The summed E-state index contributed by atoms with van der Waals surface area (Å²) in [5.41, 5.74) is 6.25. The van der Waals surface area contributed by atoms with Gasteiger partial charge in [-0.3, -0.25) is 4.68 Å². The molecule has 0 amide bonds. The van der Waals surface area contributed by atoms with Crippen LogP contribution in [0.15, 0.2) is 36.7 Å². The topological polar surface area (TPSA) is 53.1 Å². The highest BCUT2D eigenvalue weighted by Crippen LogP contribution is 2.25. The van der Waals surface area contributed by atoms with Crippen LogP contribution in [0.5, 0.6) is 5.75 Å². The van der Waals surface area contributed by atoms with Gasteiger partial charge in [0, 0.05) is 18.0 Å². The maximum atomic E-state index is 6.07. The largest absolute Gasteiger partial charge is 0.490 e. The minimum Gasteiger partial charge on any atom is -0.490 e. The Hall–Kier alpha value is -1.59. The molecule has 2 N–H and O–H groups in total. The van der Waals surface area contributed by atoms with Gasteiger partial charge in [-0.05, 0) is 24.3 Å². The molecule has 2 rings (SSSR count). The normalized spacial score (nSPS) is 10.3. The third kappa shape index (κ3) is 3.21. The second-order valence-electron chi connectivity index (χ2n) is 3.63. The Kier molecular flexibility index (Phi) is 4.17. The van der Waals surface area contributed by atoms with E-state index in [2.05, 4.69) is 5.10 Å². The molecule has 0 unspecified atom stereocenters. The van der Waals surface area contributed by atoms with Crippen LogP contribution in [-0.4, -0.2) is 21.4 Å². The zero-order valence-electron chi connectivity index (χ0n) is 9.54. The van der Waals surface area contributed by atoms with Gasteiger partial charge in [-0.1, -0.05) is 23.8 Å². The van der Waals surface area contributed by atoms with Gasteiger partial charge in [0.1, 0.15) is 17.3 Å². The lowest BCUT2D eigenvalue weighted by Crippen LogP contribution is -2.10. The summed E-state index contributed by atoms with van der Waals surface area (Å²) in [6.45, 7) is 1.16.